The summed E-state index contributed by atoms with van der Waals surface area (Å²) in [6.07, 6.45) is 0. The molecule has 1 amide bonds. The van der Waals surface area contributed by atoms with E-state index in [9.17, 15) is 9.59 Å². The summed E-state index contributed by atoms with van der Waals surface area (Å²) < 4.78 is 4.77. The minimum Gasteiger partial charge on any atom is -0.465 e. The van der Waals surface area contributed by atoms with E-state index >= 15 is 0 Å². The van der Waals surface area contributed by atoms with Crippen LogP contribution in [0.5, 0.6) is 0 Å². The van der Waals surface area contributed by atoms with Gasteiger partial charge < -0.3 is 9.64 Å². The average molecular weight is 266 g/mol. The average Bonchev–Trinajstić information content (AvgIpc) is 2.13. The smallest absolute Gasteiger partial charge is 0.325 e. The second kappa shape index (κ2) is 6.81. The molecule has 0 spiro atoms. The molecular weight excluding hydrogens is 250 g/mol. The minimum absolute atomic E-state index is 0.00413. The van der Waals surface area contributed by atoms with Gasteiger partial charge in [-0.2, -0.15) is 0 Å². The van der Waals surface area contributed by atoms with Crippen molar-refractivity contribution >= 4 is 27.8 Å². The van der Waals surface area contributed by atoms with Gasteiger partial charge in [-0.3, -0.25) is 9.59 Å². The van der Waals surface area contributed by atoms with Gasteiger partial charge in [-0.15, -0.1) is 0 Å². The first-order valence-electron chi connectivity index (χ1n) is 4.54. The van der Waals surface area contributed by atoms with Crippen molar-refractivity contribution in [1.29, 1.82) is 0 Å². The van der Waals surface area contributed by atoms with E-state index in [-0.39, 0.29) is 29.8 Å². The molecule has 14 heavy (non-hydrogen) atoms. The van der Waals surface area contributed by atoms with Crippen LogP contribution >= 0.6 is 15.9 Å². The second-order valence-corrected chi connectivity index (χ2v) is 3.61. The van der Waals surface area contributed by atoms with E-state index in [1.807, 2.05) is 13.8 Å². The van der Waals surface area contributed by atoms with Crippen LogP contribution in [0.1, 0.15) is 20.8 Å². The second-order valence-electron chi connectivity index (χ2n) is 3.05. The number of carbonyl (C=O) groups excluding carboxylic acids is 2. The molecule has 0 bridgehead atoms. The van der Waals surface area contributed by atoms with Gasteiger partial charge in [0.1, 0.15) is 6.54 Å². The van der Waals surface area contributed by atoms with E-state index in [0.717, 1.165) is 0 Å². The predicted molar refractivity (Wildman–Crippen MR) is 57.3 cm³/mol. The lowest BCUT2D eigenvalue weighted by atomic mass is 10.3. The summed E-state index contributed by atoms with van der Waals surface area (Å²) >= 11 is 3.07. The molecule has 0 rings (SSSR count). The number of carbonyl (C=O) groups is 2. The third-order valence-corrected chi connectivity index (χ3v) is 2.14. The van der Waals surface area contributed by atoms with Gasteiger partial charge in [0.25, 0.3) is 0 Å². The zero-order valence-electron chi connectivity index (χ0n) is 8.75. The van der Waals surface area contributed by atoms with Crippen LogP contribution in [0, 0.1) is 0 Å². The number of alkyl halides is 1. The topological polar surface area (TPSA) is 46.6 Å². The first kappa shape index (κ1) is 13.4. The third-order valence-electron chi connectivity index (χ3n) is 1.66. The highest BCUT2D eigenvalue weighted by Crippen LogP contribution is 2.01. The molecule has 0 aromatic heterocycles. The van der Waals surface area contributed by atoms with Gasteiger partial charge in [-0.25, -0.2) is 0 Å². The molecule has 0 heterocycles. The highest BCUT2D eigenvalue weighted by atomic mass is 79.9. The van der Waals surface area contributed by atoms with Crippen LogP contribution in [-0.2, 0) is 14.3 Å². The molecule has 0 saturated heterocycles. The molecule has 0 saturated carbocycles. The van der Waals surface area contributed by atoms with Crippen molar-refractivity contribution in [2.75, 3.05) is 18.5 Å². The number of nitrogens with zero attached hydrogens (tertiary/aromatic N) is 1. The number of halogens is 1. The molecule has 0 aromatic carbocycles. The van der Waals surface area contributed by atoms with E-state index < -0.39 is 0 Å². The summed E-state index contributed by atoms with van der Waals surface area (Å²) in [6.45, 7) is 5.83. The molecule has 0 aliphatic rings. The Morgan fingerprint density at radius 1 is 1.43 bits per heavy atom. The monoisotopic (exact) mass is 265 g/mol. The third kappa shape index (κ3) is 4.60. The lowest BCUT2D eigenvalue weighted by Gasteiger charge is -2.24. The highest BCUT2D eigenvalue weighted by Gasteiger charge is 2.19. The molecule has 0 atom stereocenters. The maximum Gasteiger partial charge on any atom is 0.325 e. The SMILES string of the molecule is CCOC(=O)CN(C(=O)CBr)C(C)C. The first-order chi connectivity index (χ1) is 6.52. The normalized spacial score (nSPS) is 10.1. The van der Waals surface area contributed by atoms with Crippen LogP contribution in [-0.4, -0.2) is 41.3 Å². The number of ether oxygens (including phenoxy) is 1. The lowest BCUT2D eigenvalue weighted by molar-refractivity contribution is -0.149. The number of hydrogen-bond donors (Lipinski definition) is 0. The standard InChI is InChI=1S/C9H16BrNO3/c1-4-14-9(13)6-11(7(2)3)8(12)5-10/h7H,4-6H2,1-3H3. The van der Waals surface area contributed by atoms with Crippen LogP contribution < -0.4 is 0 Å². The molecule has 0 fully saturated rings. The molecule has 0 aliphatic carbocycles. The fourth-order valence-electron chi connectivity index (χ4n) is 0.981. The molecular formula is C9H16BrNO3. The van der Waals surface area contributed by atoms with Crippen LogP contribution in [0.15, 0.2) is 0 Å². The van der Waals surface area contributed by atoms with Gasteiger partial charge >= 0.3 is 5.97 Å². The Morgan fingerprint density at radius 3 is 2.36 bits per heavy atom. The fourth-order valence-corrected chi connectivity index (χ4v) is 1.30. The van der Waals surface area contributed by atoms with Gasteiger partial charge in [-0.1, -0.05) is 15.9 Å². The largest absolute Gasteiger partial charge is 0.465 e. The zero-order chi connectivity index (χ0) is 11.1. The van der Waals surface area contributed by atoms with Crippen molar-refractivity contribution < 1.29 is 14.3 Å². The van der Waals surface area contributed by atoms with Gasteiger partial charge in [0.2, 0.25) is 5.91 Å². The molecule has 4 nitrogen and oxygen atoms in total. The van der Waals surface area contributed by atoms with Crippen molar-refractivity contribution in [3.8, 4) is 0 Å². The van der Waals surface area contributed by atoms with Crippen molar-refractivity contribution in [2.45, 2.75) is 26.8 Å². The molecule has 0 aliphatic heterocycles. The number of hydrogen-bond acceptors (Lipinski definition) is 3. The van der Waals surface area contributed by atoms with Crippen molar-refractivity contribution in [1.82, 2.24) is 4.90 Å². The first-order valence-corrected chi connectivity index (χ1v) is 5.66. The van der Waals surface area contributed by atoms with E-state index in [2.05, 4.69) is 15.9 Å². The Bertz CT molecular complexity index is 206. The Hall–Kier alpha value is -0.580. The van der Waals surface area contributed by atoms with Crippen LogP contribution in [0.25, 0.3) is 0 Å². The van der Waals surface area contributed by atoms with E-state index in [1.54, 1.807) is 6.92 Å². The van der Waals surface area contributed by atoms with E-state index in [0.29, 0.717) is 6.61 Å². The van der Waals surface area contributed by atoms with Gasteiger partial charge in [0.15, 0.2) is 0 Å². The molecule has 0 unspecified atom stereocenters. The Morgan fingerprint density at radius 2 is 2.00 bits per heavy atom. The summed E-state index contributed by atoms with van der Waals surface area (Å²) in [7, 11) is 0. The Kier molecular flexibility index (Phi) is 6.53. The molecule has 0 N–H and O–H groups in total. The molecule has 0 radical (unpaired) electrons. The highest BCUT2D eigenvalue weighted by molar-refractivity contribution is 9.09. The maximum absolute atomic E-state index is 11.4. The summed E-state index contributed by atoms with van der Waals surface area (Å²) in [4.78, 5) is 24.0. The molecule has 5 heteroatoms. The van der Waals surface area contributed by atoms with Gasteiger partial charge in [0.05, 0.1) is 11.9 Å². The van der Waals surface area contributed by atoms with Gasteiger partial charge in [-0.05, 0) is 20.8 Å². The number of amides is 1. The summed E-state index contributed by atoms with van der Waals surface area (Å²) in [5.41, 5.74) is 0. The minimum atomic E-state index is -0.365. The van der Waals surface area contributed by atoms with E-state index in [4.69, 9.17) is 4.74 Å². The lowest BCUT2D eigenvalue weighted by Crippen LogP contribution is -2.41. The molecule has 82 valence electrons. The van der Waals surface area contributed by atoms with Crippen LogP contribution in [0.3, 0.4) is 0 Å². The summed E-state index contributed by atoms with van der Waals surface area (Å²) in [6, 6.07) is 0.00413. The number of esters is 1. The Balaban J connectivity index is 4.23. The van der Waals surface area contributed by atoms with Crippen LogP contribution in [0.4, 0.5) is 0 Å². The molecule has 0 aromatic rings. The van der Waals surface area contributed by atoms with Crippen LogP contribution in [0.2, 0.25) is 0 Å². The van der Waals surface area contributed by atoms with Gasteiger partial charge in [0, 0.05) is 6.04 Å². The maximum atomic E-state index is 11.4. The Labute approximate surface area is 92.7 Å². The van der Waals surface area contributed by atoms with Crippen molar-refractivity contribution in [2.24, 2.45) is 0 Å². The zero-order valence-corrected chi connectivity index (χ0v) is 10.3. The summed E-state index contributed by atoms with van der Waals surface area (Å²) in [5.74, 6) is -0.469. The predicted octanol–water partition coefficient (Wildman–Crippen LogP) is 1.18. The van der Waals surface area contributed by atoms with Crippen molar-refractivity contribution in [3.05, 3.63) is 0 Å². The fraction of sp³-hybridized carbons (Fsp3) is 0.778. The van der Waals surface area contributed by atoms with Crippen molar-refractivity contribution in [3.63, 3.8) is 0 Å². The van der Waals surface area contributed by atoms with E-state index in [1.165, 1.54) is 4.90 Å². The summed E-state index contributed by atoms with van der Waals surface area (Å²) in [5, 5.41) is 0.227. The number of rotatable bonds is 5. The quantitative estimate of drug-likeness (QED) is 0.554.